The number of ether oxygens (including phenoxy) is 2. The third-order valence-electron chi connectivity index (χ3n) is 4.25. The fraction of sp³-hybridized carbons (Fsp3) is 0.471. The van der Waals surface area contributed by atoms with Gasteiger partial charge in [0.1, 0.15) is 5.69 Å². The summed E-state index contributed by atoms with van der Waals surface area (Å²) in [5.41, 5.74) is 2.67. The van der Waals surface area contributed by atoms with E-state index in [0.29, 0.717) is 17.3 Å². The normalized spacial score (nSPS) is 18.0. The van der Waals surface area contributed by atoms with Crippen LogP contribution >= 0.6 is 11.6 Å². The zero-order valence-corrected chi connectivity index (χ0v) is 13.7. The molecule has 1 aromatic carbocycles. The van der Waals surface area contributed by atoms with Crippen LogP contribution < -0.4 is 0 Å². The van der Waals surface area contributed by atoms with Crippen molar-refractivity contribution in [1.29, 1.82) is 0 Å². The predicted molar refractivity (Wildman–Crippen MR) is 86.5 cm³/mol. The highest BCUT2D eigenvalue weighted by Crippen LogP contribution is 2.37. The highest BCUT2D eigenvalue weighted by Gasteiger charge is 2.25. The van der Waals surface area contributed by atoms with Crippen molar-refractivity contribution in [1.82, 2.24) is 4.57 Å². The van der Waals surface area contributed by atoms with Gasteiger partial charge in [-0.2, -0.15) is 0 Å². The molecule has 0 radical (unpaired) electrons. The lowest BCUT2D eigenvalue weighted by atomic mass is 9.99. The van der Waals surface area contributed by atoms with Gasteiger partial charge in [0.25, 0.3) is 0 Å². The van der Waals surface area contributed by atoms with Gasteiger partial charge in [-0.25, -0.2) is 4.79 Å². The van der Waals surface area contributed by atoms with E-state index in [2.05, 4.69) is 0 Å². The lowest BCUT2D eigenvalue weighted by Crippen LogP contribution is -2.15. The van der Waals surface area contributed by atoms with Gasteiger partial charge in [0.15, 0.2) is 0 Å². The molecule has 0 spiro atoms. The van der Waals surface area contributed by atoms with E-state index >= 15 is 0 Å². The van der Waals surface area contributed by atoms with Gasteiger partial charge < -0.3 is 14.0 Å². The number of methoxy groups -OCH3 is 1. The topological polar surface area (TPSA) is 40.5 Å². The average Bonchev–Trinajstić information content (AvgIpc) is 2.87. The van der Waals surface area contributed by atoms with Gasteiger partial charge in [0, 0.05) is 29.6 Å². The first-order valence-electron chi connectivity index (χ1n) is 7.69. The fourth-order valence-electron chi connectivity index (χ4n) is 3.24. The number of nitrogens with zero attached hydrogens (tertiary/aromatic N) is 1. The minimum absolute atomic E-state index is 0.0313. The summed E-state index contributed by atoms with van der Waals surface area (Å²) < 4.78 is 12.9. The molecule has 1 unspecified atom stereocenters. The van der Waals surface area contributed by atoms with Crippen molar-refractivity contribution < 1.29 is 14.3 Å². The number of halogens is 1. The van der Waals surface area contributed by atoms with Crippen LogP contribution in [0.2, 0.25) is 5.02 Å². The molecule has 0 saturated carbocycles. The molecule has 4 nitrogen and oxygen atoms in total. The van der Waals surface area contributed by atoms with Crippen LogP contribution in [0.5, 0.6) is 0 Å². The van der Waals surface area contributed by atoms with Crippen LogP contribution in [0.15, 0.2) is 18.2 Å². The van der Waals surface area contributed by atoms with Crippen LogP contribution in [0.4, 0.5) is 0 Å². The predicted octanol–water partition coefficient (Wildman–Crippen LogP) is 4.34. The molecule has 22 heavy (non-hydrogen) atoms. The van der Waals surface area contributed by atoms with E-state index in [1.54, 1.807) is 7.11 Å². The Balaban J connectivity index is 2.27. The number of carbonyl (C=O) groups excluding carboxylic acids is 1. The zero-order valence-electron chi connectivity index (χ0n) is 12.9. The number of carbonyl (C=O) groups is 1. The Morgan fingerprint density at radius 1 is 1.41 bits per heavy atom. The molecule has 3 rings (SSSR count). The van der Waals surface area contributed by atoms with Gasteiger partial charge >= 0.3 is 5.97 Å². The van der Waals surface area contributed by atoms with Crippen LogP contribution in [-0.4, -0.2) is 24.3 Å². The molecule has 0 fully saturated rings. The van der Waals surface area contributed by atoms with Gasteiger partial charge in [-0.1, -0.05) is 17.7 Å². The maximum atomic E-state index is 12.3. The Hall–Kier alpha value is -1.52. The molecular weight excluding hydrogens is 302 g/mol. The molecule has 0 amide bonds. The van der Waals surface area contributed by atoms with Gasteiger partial charge in [-0.15, -0.1) is 0 Å². The number of hydrogen-bond donors (Lipinski definition) is 0. The number of rotatable bonds is 3. The maximum Gasteiger partial charge on any atom is 0.354 e. The van der Waals surface area contributed by atoms with Crippen LogP contribution in [0.3, 0.4) is 0 Å². The lowest BCUT2D eigenvalue weighted by molar-refractivity contribution is 0.0513. The van der Waals surface area contributed by atoms with E-state index in [0.717, 1.165) is 42.3 Å². The molecular formula is C17H20ClNO3. The minimum atomic E-state index is -0.296. The quantitative estimate of drug-likeness (QED) is 0.789. The van der Waals surface area contributed by atoms with Crippen molar-refractivity contribution >= 4 is 28.5 Å². The first-order valence-corrected chi connectivity index (χ1v) is 8.06. The van der Waals surface area contributed by atoms with Crippen molar-refractivity contribution in [2.75, 3.05) is 13.7 Å². The molecule has 0 N–H and O–H groups in total. The third kappa shape index (κ3) is 2.50. The third-order valence-corrected chi connectivity index (χ3v) is 4.58. The van der Waals surface area contributed by atoms with Gasteiger partial charge in [0.05, 0.1) is 18.2 Å². The van der Waals surface area contributed by atoms with E-state index in [9.17, 15) is 4.79 Å². The molecule has 5 heteroatoms. The fourth-order valence-corrected chi connectivity index (χ4v) is 3.45. The van der Waals surface area contributed by atoms with Crippen LogP contribution in [0, 0.1) is 0 Å². The second kappa shape index (κ2) is 6.31. The Kier molecular flexibility index (Phi) is 4.41. The molecule has 118 valence electrons. The monoisotopic (exact) mass is 321 g/mol. The first kappa shape index (κ1) is 15.4. The second-order valence-corrected chi connectivity index (χ2v) is 5.93. The number of aromatic nitrogens is 1. The molecule has 2 aromatic rings. The molecule has 0 bridgehead atoms. The lowest BCUT2D eigenvalue weighted by Gasteiger charge is -2.22. The molecule has 0 saturated heterocycles. The maximum absolute atomic E-state index is 12.3. The van der Waals surface area contributed by atoms with Crippen molar-refractivity contribution in [2.45, 2.75) is 38.8 Å². The summed E-state index contributed by atoms with van der Waals surface area (Å²) >= 11 is 6.36. The summed E-state index contributed by atoms with van der Waals surface area (Å²) in [5, 5.41) is 1.55. The van der Waals surface area contributed by atoms with Crippen molar-refractivity contribution in [3.8, 4) is 0 Å². The SMILES string of the molecule is CCOC(=O)c1cc2c(Cl)ccc3c2n1CCCCC3OC. The second-order valence-electron chi connectivity index (χ2n) is 5.52. The van der Waals surface area contributed by atoms with Gasteiger partial charge in [0.2, 0.25) is 0 Å². The summed E-state index contributed by atoms with van der Waals surface area (Å²) in [6, 6.07) is 5.74. The summed E-state index contributed by atoms with van der Waals surface area (Å²) in [4.78, 5) is 12.3. The highest BCUT2D eigenvalue weighted by molar-refractivity contribution is 6.35. The minimum Gasteiger partial charge on any atom is -0.461 e. The Bertz CT molecular complexity index is 707. The molecule has 1 atom stereocenters. The zero-order chi connectivity index (χ0) is 15.7. The van der Waals surface area contributed by atoms with E-state index in [-0.39, 0.29) is 12.1 Å². The van der Waals surface area contributed by atoms with Crippen molar-refractivity contribution in [3.63, 3.8) is 0 Å². The summed E-state index contributed by atoms with van der Waals surface area (Å²) in [5.74, 6) is -0.296. The van der Waals surface area contributed by atoms with Crippen molar-refractivity contribution in [3.05, 3.63) is 34.5 Å². The number of hydrogen-bond acceptors (Lipinski definition) is 3. The van der Waals surface area contributed by atoms with Crippen LogP contribution in [0.1, 0.15) is 48.3 Å². The number of esters is 1. The molecule has 1 aliphatic rings. The first-order chi connectivity index (χ1) is 10.7. The number of aryl methyl sites for hydroxylation is 1. The van der Waals surface area contributed by atoms with Crippen LogP contribution in [-0.2, 0) is 16.0 Å². The molecule has 1 aliphatic heterocycles. The Morgan fingerprint density at radius 3 is 2.95 bits per heavy atom. The smallest absolute Gasteiger partial charge is 0.354 e. The standard InChI is InChI=1S/C17H20ClNO3/c1-3-22-17(20)14-10-12-13(18)8-7-11-15(21-2)6-4-5-9-19(14)16(11)12/h7-8,10,15H,3-6,9H2,1-2H3. The Morgan fingerprint density at radius 2 is 2.23 bits per heavy atom. The van der Waals surface area contributed by atoms with Crippen molar-refractivity contribution in [2.24, 2.45) is 0 Å². The summed E-state index contributed by atoms with van der Waals surface area (Å²) in [6.07, 6.45) is 3.07. The van der Waals surface area contributed by atoms with E-state index in [4.69, 9.17) is 21.1 Å². The average molecular weight is 322 g/mol. The van der Waals surface area contributed by atoms with E-state index < -0.39 is 0 Å². The van der Waals surface area contributed by atoms with Crippen LogP contribution in [0.25, 0.3) is 10.9 Å². The van der Waals surface area contributed by atoms with Gasteiger partial charge in [-0.05, 0) is 38.3 Å². The largest absolute Gasteiger partial charge is 0.461 e. The molecule has 0 aliphatic carbocycles. The molecule has 2 heterocycles. The van der Waals surface area contributed by atoms with Gasteiger partial charge in [-0.3, -0.25) is 0 Å². The summed E-state index contributed by atoms with van der Waals surface area (Å²) in [6.45, 7) is 2.97. The van der Waals surface area contributed by atoms with E-state index in [1.807, 2.05) is 29.7 Å². The Labute approximate surface area is 135 Å². The van der Waals surface area contributed by atoms with E-state index in [1.165, 1.54) is 0 Å². The molecule has 1 aromatic heterocycles. The highest BCUT2D eigenvalue weighted by atomic mass is 35.5. The number of benzene rings is 1. The summed E-state index contributed by atoms with van der Waals surface area (Å²) in [7, 11) is 1.73.